The van der Waals surface area contributed by atoms with Gasteiger partial charge in [0.1, 0.15) is 0 Å². The van der Waals surface area contributed by atoms with E-state index >= 15 is 0 Å². The Morgan fingerprint density at radius 2 is 2.44 bits per heavy atom. The summed E-state index contributed by atoms with van der Waals surface area (Å²) < 4.78 is 0. The van der Waals surface area contributed by atoms with Gasteiger partial charge in [0.15, 0.2) is 0 Å². The summed E-state index contributed by atoms with van der Waals surface area (Å²) in [5.41, 5.74) is 0.735. The Kier molecular flexibility index (Phi) is 3.53. The molecule has 82 valence electrons. The first-order valence-electron chi connectivity index (χ1n) is 4.58. The second kappa shape index (κ2) is 5.09. The molecule has 1 N–H and O–H groups in total. The zero-order valence-electron chi connectivity index (χ0n) is 8.25. The molecule has 2 rings (SSSR count). The molecule has 0 spiro atoms. The van der Waals surface area contributed by atoms with E-state index in [1.165, 1.54) is 11.3 Å². The van der Waals surface area contributed by atoms with Crippen molar-refractivity contribution in [3.8, 4) is 0 Å². The van der Waals surface area contributed by atoms with Gasteiger partial charge in [-0.15, -0.1) is 24.0 Å². The maximum Gasteiger partial charge on any atom is 0.261 e. The average Bonchev–Trinajstić information content (AvgIpc) is 2.74. The number of hydrogen-bond acceptors (Lipinski definition) is 5. The van der Waals surface area contributed by atoms with Crippen LogP contribution in [0.25, 0.3) is 0 Å². The van der Waals surface area contributed by atoms with E-state index in [1.807, 2.05) is 11.4 Å². The molecular weight excluding hydrogens is 242 g/mol. The highest BCUT2D eigenvalue weighted by Gasteiger charge is 2.07. The first kappa shape index (κ1) is 11.1. The fraction of sp³-hybridized carbons (Fsp3) is 0.100. The molecule has 0 atom stereocenters. The number of carbonyl (C=O) groups is 1. The number of thiol groups is 1. The normalized spacial score (nSPS) is 10.1. The lowest BCUT2D eigenvalue weighted by molar-refractivity contribution is 0.0954. The van der Waals surface area contributed by atoms with Gasteiger partial charge in [-0.05, 0) is 18.2 Å². The van der Waals surface area contributed by atoms with Crippen LogP contribution in [0.4, 0.5) is 0 Å². The number of thiophene rings is 1. The van der Waals surface area contributed by atoms with Gasteiger partial charge in [-0.2, -0.15) is 10.2 Å². The van der Waals surface area contributed by atoms with Crippen LogP contribution < -0.4 is 5.32 Å². The number of carbonyl (C=O) groups excluding carboxylic acids is 1. The number of amides is 1. The Balaban J connectivity index is 1.94. The number of rotatable bonds is 3. The third kappa shape index (κ3) is 2.80. The second-order valence-corrected chi connectivity index (χ2v) is 4.49. The van der Waals surface area contributed by atoms with Gasteiger partial charge in [-0.25, -0.2) is 0 Å². The van der Waals surface area contributed by atoms with Gasteiger partial charge in [0.25, 0.3) is 5.91 Å². The Morgan fingerprint density at radius 3 is 3.06 bits per heavy atom. The van der Waals surface area contributed by atoms with Crippen LogP contribution in [0, 0.1) is 0 Å². The fourth-order valence-corrected chi connectivity index (χ4v) is 2.20. The molecule has 0 aromatic carbocycles. The summed E-state index contributed by atoms with van der Waals surface area (Å²) in [6.45, 7) is 0.381. The molecule has 2 aromatic rings. The van der Waals surface area contributed by atoms with Crippen molar-refractivity contribution in [3.05, 3.63) is 40.3 Å². The SMILES string of the molecule is O=C(NCc1cccnn1)c1cc(S)cs1. The molecule has 1 amide bonds. The van der Waals surface area contributed by atoms with Crippen LogP contribution in [0.1, 0.15) is 15.4 Å². The molecular formula is C10H9N3OS2. The minimum absolute atomic E-state index is 0.115. The van der Waals surface area contributed by atoms with Crippen LogP contribution in [-0.4, -0.2) is 16.1 Å². The molecule has 0 saturated heterocycles. The van der Waals surface area contributed by atoms with E-state index in [2.05, 4.69) is 28.1 Å². The summed E-state index contributed by atoms with van der Waals surface area (Å²) in [6.07, 6.45) is 1.60. The summed E-state index contributed by atoms with van der Waals surface area (Å²) in [6, 6.07) is 5.33. The van der Waals surface area contributed by atoms with E-state index < -0.39 is 0 Å². The summed E-state index contributed by atoms with van der Waals surface area (Å²) >= 11 is 5.51. The van der Waals surface area contributed by atoms with E-state index in [0.717, 1.165) is 10.6 Å². The lowest BCUT2D eigenvalue weighted by atomic mass is 10.3. The number of aromatic nitrogens is 2. The van der Waals surface area contributed by atoms with Crippen molar-refractivity contribution in [1.29, 1.82) is 0 Å². The topological polar surface area (TPSA) is 54.9 Å². The van der Waals surface area contributed by atoms with Crippen LogP contribution in [0.3, 0.4) is 0 Å². The van der Waals surface area contributed by atoms with E-state index in [4.69, 9.17) is 0 Å². The fourth-order valence-electron chi connectivity index (χ4n) is 1.13. The second-order valence-electron chi connectivity index (χ2n) is 3.07. The van der Waals surface area contributed by atoms with Gasteiger partial charge in [-0.3, -0.25) is 4.79 Å². The van der Waals surface area contributed by atoms with Crippen LogP contribution in [0.15, 0.2) is 34.7 Å². The van der Waals surface area contributed by atoms with Gasteiger partial charge in [0, 0.05) is 16.5 Å². The number of hydrogen-bond donors (Lipinski definition) is 2. The van der Waals surface area contributed by atoms with Crippen LogP contribution in [-0.2, 0) is 6.54 Å². The highest BCUT2D eigenvalue weighted by molar-refractivity contribution is 7.80. The van der Waals surface area contributed by atoms with Gasteiger partial charge < -0.3 is 5.32 Å². The molecule has 0 saturated carbocycles. The Morgan fingerprint density at radius 1 is 1.56 bits per heavy atom. The van der Waals surface area contributed by atoms with Crippen LogP contribution in [0.5, 0.6) is 0 Å². The number of nitrogens with zero attached hydrogens (tertiary/aromatic N) is 2. The Bertz CT molecular complexity index is 484. The van der Waals surface area contributed by atoms with E-state index in [-0.39, 0.29) is 5.91 Å². The van der Waals surface area contributed by atoms with Crippen molar-refractivity contribution in [3.63, 3.8) is 0 Å². The molecule has 6 heteroatoms. The molecule has 0 bridgehead atoms. The largest absolute Gasteiger partial charge is 0.346 e. The van der Waals surface area contributed by atoms with Crippen molar-refractivity contribution in [2.45, 2.75) is 11.4 Å². The molecule has 4 nitrogen and oxygen atoms in total. The molecule has 16 heavy (non-hydrogen) atoms. The standard InChI is InChI=1S/C10H9N3OS2/c14-10(9-4-8(15)6-16-9)11-5-7-2-1-3-12-13-7/h1-4,6,15H,5H2,(H,11,14). The third-order valence-corrected chi connectivity index (χ3v) is 3.23. The molecule has 0 unspecified atom stereocenters. The predicted octanol–water partition coefficient (Wildman–Crippen LogP) is 1.76. The van der Waals surface area contributed by atoms with Gasteiger partial charge >= 0.3 is 0 Å². The average molecular weight is 251 g/mol. The summed E-state index contributed by atoms with van der Waals surface area (Å²) in [7, 11) is 0. The first-order chi connectivity index (χ1) is 7.75. The third-order valence-electron chi connectivity index (χ3n) is 1.87. The predicted molar refractivity (Wildman–Crippen MR) is 64.8 cm³/mol. The van der Waals surface area contributed by atoms with Gasteiger partial charge in [-0.1, -0.05) is 0 Å². The molecule has 0 aliphatic carbocycles. The lowest BCUT2D eigenvalue weighted by Gasteiger charge is -2.01. The van der Waals surface area contributed by atoms with Crippen molar-refractivity contribution < 1.29 is 4.79 Å². The molecule has 2 aromatic heterocycles. The summed E-state index contributed by atoms with van der Waals surface area (Å²) in [5.74, 6) is -0.115. The zero-order valence-corrected chi connectivity index (χ0v) is 9.96. The molecule has 0 radical (unpaired) electrons. The van der Waals surface area contributed by atoms with E-state index in [0.29, 0.717) is 11.4 Å². The molecule has 0 aliphatic rings. The monoisotopic (exact) mass is 251 g/mol. The van der Waals surface area contributed by atoms with E-state index in [1.54, 1.807) is 18.3 Å². The molecule has 0 aliphatic heterocycles. The van der Waals surface area contributed by atoms with Crippen molar-refractivity contribution in [1.82, 2.24) is 15.5 Å². The van der Waals surface area contributed by atoms with Crippen LogP contribution >= 0.6 is 24.0 Å². The van der Waals surface area contributed by atoms with Gasteiger partial charge in [0.2, 0.25) is 0 Å². The van der Waals surface area contributed by atoms with Crippen molar-refractivity contribution in [2.24, 2.45) is 0 Å². The minimum atomic E-state index is -0.115. The smallest absolute Gasteiger partial charge is 0.261 e. The quantitative estimate of drug-likeness (QED) is 0.817. The van der Waals surface area contributed by atoms with E-state index in [9.17, 15) is 4.79 Å². The summed E-state index contributed by atoms with van der Waals surface area (Å²) in [5, 5.41) is 12.2. The highest BCUT2D eigenvalue weighted by Crippen LogP contribution is 2.17. The Labute approximate surface area is 102 Å². The maximum atomic E-state index is 11.6. The molecule has 2 heterocycles. The zero-order chi connectivity index (χ0) is 11.4. The minimum Gasteiger partial charge on any atom is -0.346 e. The van der Waals surface area contributed by atoms with Crippen molar-refractivity contribution >= 4 is 29.9 Å². The maximum absolute atomic E-state index is 11.6. The first-order valence-corrected chi connectivity index (χ1v) is 5.90. The highest BCUT2D eigenvalue weighted by atomic mass is 32.1. The molecule has 0 fully saturated rings. The number of nitrogens with one attached hydrogen (secondary N) is 1. The summed E-state index contributed by atoms with van der Waals surface area (Å²) in [4.78, 5) is 13.1. The lowest BCUT2D eigenvalue weighted by Crippen LogP contribution is -2.22. The van der Waals surface area contributed by atoms with Crippen LogP contribution in [0.2, 0.25) is 0 Å². The Hall–Kier alpha value is -1.40. The van der Waals surface area contributed by atoms with Gasteiger partial charge in [0.05, 0.1) is 17.1 Å². The van der Waals surface area contributed by atoms with Crippen molar-refractivity contribution in [2.75, 3.05) is 0 Å².